The van der Waals surface area contributed by atoms with Crippen LogP contribution in [0.2, 0.25) is 0 Å². The molecule has 1 heterocycles. The number of fused-ring (bicyclic) bond motifs is 1. The van der Waals surface area contributed by atoms with E-state index in [0.717, 1.165) is 28.7 Å². The minimum absolute atomic E-state index is 0.193. The first-order chi connectivity index (χ1) is 12.7. The Morgan fingerprint density at radius 1 is 1.38 bits per heavy atom. The summed E-state index contributed by atoms with van der Waals surface area (Å²) in [7, 11) is 0. The number of aryl methyl sites for hydroxylation is 2. The molecule has 1 aliphatic rings. The van der Waals surface area contributed by atoms with Crippen molar-refractivity contribution in [1.29, 1.82) is 0 Å². The largest absolute Gasteiger partial charge is 0.481 e. The van der Waals surface area contributed by atoms with Crippen LogP contribution in [-0.2, 0) is 17.6 Å². The first kappa shape index (κ1) is 18.9. The van der Waals surface area contributed by atoms with Gasteiger partial charge in [0, 0.05) is 5.75 Å². The molecule has 0 aliphatic heterocycles. The number of rotatable bonds is 8. The molecule has 0 unspecified atom stereocenters. The molecule has 0 bridgehead atoms. The molecule has 1 aliphatic carbocycles. The number of amides is 1. The molecular formula is C19H23N3O2S2. The fraction of sp³-hybridized carbons (Fsp3) is 0.421. The van der Waals surface area contributed by atoms with Gasteiger partial charge in [-0.2, -0.15) is 0 Å². The van der Waals surface area contributed by atoms with E-state index in [9.17, 15) is 4.79 Å². The number of nitrogens with one attached hydrogen (secondary N) is 1. The van der Waals surface area contributed by atoms with E-state index in [-0.39, 0.29) is 5.91 Å². The minimum Gasteiger partial charge on any atom is -0.481 e. The van der Waals surface area contributed by atoms with Crippen molar-refractivity contribution < 1.29 is 9.53 Å². The zero-order chi connectivity index (χ0) is 18.4. The van der Waals surface area contributed by atoms with Crippen molar-refractivity contribution in [3.05, 3.63) is 42.0 Å². The van der Waals surface area contributed by atoms with Crippen molar-refractivity contribution in [3.63, 3.8) is 0 Å². The average Bonchev–Trinajstić information content (AvgIpc) is 3.11. The van der Waals surface area contributed by atoms with E-state index >= 15 is 0 Å². The van der Waals surface area contributed by atoms with Crippen molar-refractivity contribution in [2.75, 3.05) is 11.1 Å². The molecule has 0 radical (unpaired) electrons. The minimum atomic E-state index is -0.551. The highest BCUT2D eigenvalue weighted by Crippen LogP contribution is 2.27. The normalized spacial score (nSPS) is 14.3. The zero-order valence-corrected chi connectivity index (χ0v) is 16.5. The Labute approximate surface area is 162 Å². The summed E-state index contributed by atoms with van der Waals surface area (Å²) in [6, 6.07) is 6.18. The van der Waals surface area contributed by atoms with Crippen molar-refractivity contribution >= 4 is 34.1 Å². The summed E-state index contributed by atoms with van der Waals surface area (Å²) >= 11 is 2.90. The fourth-order valence-corrected chi connectivity index (χ4v) is 4.42. The lowest BCUT2D eigenvalue weighted by Gasteiger charge is -2.20. The van der Waals surface area contributed by atoms with Crippen molar-refractivity contribution in [1.82, 2.24) is 10.2 Å². The summed E-state index contributed by atoms with van der Waals surface area (Å²) in [6.07, 6.45) is 6.54. The molecule has 1 aromatic heterocycles. The summed E-state index contributed by atoms with van der Waals surface area (Å²) in [4.78, 5) is 12.5. The van der Waals surface area contributed by atoms with Crippen LogP contribution in [0.25, 0.3) is 0 Å². The number of thioether (sulfide) groups is 1. The second kappa shape index (κ2) is 9.19. The van der Waals surface area contributed by atoms with Gasteiger partial charge in [-0.3, -0.25) is 10.1 Å². The van der Waals surface area contributed by atoms with E-state index < -0.39 is 6.10 Å². The monoisotopic (exact) mass is 389 g/mol. The number of aromatic nitrogens is 2. The number of carbonyl (C=O) groups excluding carboxylic acids is 1. The smallest absolute Gasteiger partial charge is 0.267 e. The van der Waals surface area contributed by atoms with Crippen LogP contribution in [0.4, 0.5) is 5.13 Å². The second-order valence-corrected chi connectivity index (χ2v) is 8.36. The quantitative estimate of drug-likeness (QED) is 0.409. The van der Waals surface area contributed by atoms with Gasteiger partial charge < -0.3 is 4.74 Å². The number of hydrogen-bond donors (Lipinski definition) is 1. The molecule has 138 valence electrons. The second-order valence-electron chi connectivity index (χ2n) is 6.11. The van der Waals surface area contributed by atoms with Gasteiger partial charge in [0.25, 0.3) is 5.91 Å². The summed E-state index contributed by atoms with van der Waals surface area (Å²) < 4.78 is 6.77. The van der Waals surface area contributed by atoms with E-state index in [0.29, 0.717) is 11.6 Å². The lowest BCUT2D eigenvalue weighted by Crippen LogP contribution is -2.32. The molecule has 7 heteroatoms. The molecule has 26 heavy (non-hydrogen) atoms. The zero-order valence-electron chi connectivity index (χ0n) is 14.9. The third-order valence-electron chi connectivity index (χ3n) is 4.22. The molecule has 0 spiro atoms. The highest BCUT2D eigenvalue weighted by molar-refractivity contribution is 8.01. The SMILES string of the molecule is C=CCSc1nnc(NC(=O)[C@H](CC)Oc2ccc3c(c2)CCCC3)s1. The van der Waals surface area contributed by atoms with Crippen LogP contribution in [0.1, 0.15) is 37.3 Å². The molecule has 3 rings (SSSR count). The van der Waals surface area contributed by atoms with Gasteiger partial charge in [0.2, 0.25) is 5.13 Å². The van der Waals surface area contributed by atoms with Crippen molar-refractivity contribution in [3.8, 4) is 5.75 Å². The maximum atomic E-state index is 12.5. The van der Waals surface area contributed by atoms with Crippen LogP contribution in [-0.4, -0.2) is 28.0 Å². The molecule has 1 atom stereocenters. The maximum Gasteiger partial charge on any atom is 0.267 e. The molecule has 0 fully saturated rings. The summed E-state index contributed by atoms with van der Waals surface area (Å²) in [5.41, 5.74) is 2.75. The lowest BCUT2D eigenvalue weighted by molar-refractivity contribution is -0.122. The fourth-order valence-electron chi connectivity index (χ4n) is 2.90. The Balaban J connectivity index is 1.61. The first-order valence-electron chi connectivity index (χ1n) is 8.86. The molecular weight excluding hydrogens is 366 g/mol. The summed E-state index contributed by atoms with van der Waals surface area (Å²) in [5.74, 6) is 1.33. The Bertz CT molecular complexity index is 776. The van der Waals surface area contributed by atoms with Gasteiger partial charge in [0.05, 0.1) is 0 Å². The molecule has 5 nitrogen and oxygen atoms in total. The van der Waals surface area contributed by atoms with Crippen molar-refractivity contribution in [2.45, 2.75) is 49.5 Å². The maximum absolute atomic E-state index is 12.5. The number of carbonyl (C=O) groups is 1. The topological polar surface area (TPSA) is 64.1 Å². The van der Waals surface area contributed by atoms with Crippen LogP contribution in [0.15, 0.2) is 35.2 Å². The molecule has 1 aromatic carbocycles. The van der Waals surface area contributed by atoms with Gasteiger partial charge in [0.1, 0.15) is 5.75 Å². The van der Waals surface area contributed by atoms with Gasteiger partial charge in [-0.25, -0.2) is 0 Å². The lowest BCUT2D eigenvalue weighted by atomic mass is 9.92. The van der Waals surface area contributed by atoms with E-state index in [1.54, 1.807) is 11.8 Å². The Kier molecular flexibility index (Phi) is 6.68. The van der Waals surface area contributed by atoms with Gasteiger partial charge in [0.15, 0.2) is 10.4 Å². The van der Waals surface area contributed by atoms with Crippen LogP contribution in [0, 0.1) is 0 Å². The van der Waals surface area contributed by atoms with Crippen LogP contribution < -0.4 is 10.1 Å². The highest BCUT2D eigenvalue weighted by atomic mass is 32.2. The Morgan fingerprint density at radius 2 is 2.19 bits per heavy atom. The summed E-state index contributed by atoms with van der Waals surface area (Å²) in [5, 5.41) is 11.4. The molecule has 0 saturated heterocycles. The first-order valence-corrected chi connectivity index (χ1v) is 10.7. The molecule has 1 N–H and O–H groups in total. The summed E-state index contributed by atoms with van der Waals surface area (Å²) in [6.45, 7) is 5.62. The van der Waals surface area contributed by atoms with Gasteiger partial charge in [-0.05, 0) is 55.4 Å². The van der Waals surface area contributed by atoms with Crippen LogP contribution in [0.5, 0.6) is 5.75 Å². The van der Waals surface area contributed by atoms with E-state index in [4.69, 9.17) is 4.74 Å². The Hall–Kier alpha value is -1.86. The van der Waals surface area contributed by atoms with E-state index in [2.05, 4.69) is 34.2 Å². The van der Waals surface area contributed by atoms with Crippen molar-refractivity contribution in [2.24, 2.45) is 0 Å². The molecule has 2 aromatic rings. The highest BCUT2D eigenvalue weighted by Gasteiger charge is 2.21. The van der Waals surface area contributed by atoms with E-state index in [1.807, 2.05) is 19.1 Å². The van der Waals surface area contributed by atoms with Crippen LogP contribution in [0.3, 0.4) is 0 Å². The number of ether oxygens (including phenoxy) is 1. The van der Waals surface area contributed by atoms with Crippen LogP contribution >= 0.6 is 23.1 Å². The predicted octanol–water partition coefficient (Wildman–Crippen LogP) is 4.49. The number of nitrogens with zero attached hydrogens (tertiary/aromatic N) is 2. The number of benzene rings is 1. The number of anilines is 1. The molecule has 0 saturated carbocycles. The standard InChI is InChI=1S/C19H23N3O2S2/c1-3-11-25-19-22-21-18(26-19)20-17(23)16(4-2)24-15-10-9-13-7-5-6-8-14(13)12-15/h3,9-10,12,16H,1,4-8,11H2,2H3,(H,20,21,23)/t16-/m0/s1. The Morgan fingerprint density at radius 3 is 2.96 bits per heavy atom. The number of hydrogen-bond acceptors (Lipinski definition) is 6. The van der Waals surface area contributed by atoms with Gasteiger partial charge in [-0.15, -0.1) is 16.8 Å². The van der Waals surface area contributed by atoms with E-state index in [1.165, 1.54) is 35.3 Å². The van der Waals surface area contributed by atoms with Gasteiger partial charge >= 0.3 is 0 Å². The third kappa shape index (κ3) is 4.86. The third-order valence-corrected chi connectivity index (χ3v) is 6.19. The predicted molar refractivity (Wildman–Crippen MR) is 107 cm³/mol. The average molecular weight is 390 g/mol. The molecule has 1 amide bonds. The van der Waals surface area contributed by atoms with Gasteiger partial charge in [-0.1, -0.05) is 42.2 Å².